The minimum atomic E-state index is -0.0448. The van der Waals surface area contributed by atoms with Crippen LogP contribution in [-0.4, -0.2) is 52.8 Å². The Morgan fingerprint density at radius 3 is 2.27 bits per heavy atom. The lowest BCUT2D eigenvalue weighted by Crippen LogP contribution is -2.50. The Bertz CT molecular complexity index is 1130. The number of benzene rings is 2. The van der Waals surface area contributed by atoms with E-state index in [-0.39, 0.29) is 11.8 Å². The first-order valence-electron chi connectivity index (χ1n) is 10.9. The van der Waals surface area contributed by atoms with Gasteiger partial charge in [-0.1, -0.05) is 29.8 Å². The molecule has 33 heavy (non-hydrogen) atoms. The third-order valence-corrected chi connectivity index (χ3v) is 6.35. The van der Waals surface area contributed by atoms with Crippen LogP contribution >= 0.6 is 11.3 Å². The van der Waals surface area contributed by atoms with E-state index in [0.29, 0.717) is 38.3 Å². The number of amides is 2. The summed E-state index contributed by atoms with van der Waals surface area (Å²) < 4.78 is 5.76. The molecule has 0 unspecified atom stereocenters. The van der Waals surface area contributed by atoms with Crippen molar-refractivity contribution in [2.75, 3.05) is 26.2 Å². The maximum atomic E-state index is 12.6. The number of aryl methyl sites for hydroxylation is 2. The second-order valence-corrected chi connectivity index (χ2v) is 9.09. The van der Waals surface area contributed by atoms with Gasteiger partial charge in [0.05, 0.1) is 10.7 Å². The van der Waals surface area contributed by atoms with Gasteiger partial charge in [0.15, 0.2) is 0 Å². The maximum Gasteiger partial charge on any atom is 0.253 e. The number of piperazine rings is 1. The predicted octanol–water partition coefficient (Wildman–Crippen LogP) is 4.34. The van der Waals surface area contributed by atoms with E-state index >= 15 is 0 Å². The molecule has 1 aliphatic rings. The molecule has 2 aromatic carbocycles. The minimum absolute atomic E-state index is 0.0184. The molecule has 7 heteroatoms. The summed E-state index contributed by atoms with van der Waals surface area (Å²) in [6, 6.07) is 15.2. The van der Waals surface area contributed by atoms with Gasteiger partial charge in [0, 0.05) is 43.2 Å². The van der Waals surface area contributed by atoms with Gasteiger partial charge >= 0.3 is 0 Å². The topological polar surface area (TPSA) is 62.7 Å². The number of hydrogen-bond acceptors (Lipinski definition) is 5. The van der Waals surface area contributed by atoms with E-state index in [1.54, 1.807) is 28.4 Å². The van der Waals surface area contributed by atoms with Gasteiger partial charge in [0.1, 0.15) is 12.4 Å². The van der Waals surface area contributed by atoms with E-state index in [1.807, 2.05) is 72.7 Å². The molecule has 1 aliphatic heterocycles. The molecule has 2 heterocycles. The molecule has 0 atom stereocenters. The van der Waals surface area contributed by atoms with E-state index in [1.165, 1.54) is 0 Å². The average molecular weight is 462 g/mol. The van der Waals surface area contributed by atoms with Crippen molar-refractivity contribution in [2.45, 2.75) is 20.5 Å². The Morgan fingerprint density at radius 1 is 0.970 bits per heavy atom. The zero-order chi connectivity index (χ0) is 23.2. The molecule has 3 aromatic rings. The van der Waals surface area contributed by atoms with Crippen LogP contribution in [-0.2, 0) is 11.4 Å². The number of carbonyl (C=O) groups excluding carboxylic acids is 2. The second kappa shape index (κ2) is 10.4. The number of ether oxygens (including phenoxy) is 1. The number of hydrogen-bond donors (Lipinski definition) is 0. The molecule has 2 amide bonds. The minimum Gasteiger partial charge on any atom is -0.487 e. The van der Waals surface area contributed by atoms with Gasteiger partial charge in [-0.05, 0) is 49.8 Å². The summed E-state index contributed by atoms with van der Waals surface area (Å²) in [6.45, 7) is 6.55. The highest BCUT2D eigenvalue weighted by Gasteiger charge is 2.23. The molecule has 1 aromatic heterocycles. The van der Waals surface area contributed by atoms with Crippen LogP contribution in [0.2, 0.25) is 0 Å². The molecule has 1 fully saturated rings. The number of nitrogens with zero attached hydrogens (tertiary/aromatic N) is 3. The molecule has 0 radical (unpaired) electrons. The van der Waals surface area contributed by atoms with Gasteiger partial charge in [-0.2, -0.15) is 0 Å². The molecule has 1 saturated heterocycles. The highest BCUT2D eigenvalue weighted by molar-refractivity contribution is 7.09. The quantitative estimate of drug-likeness (QED) is 0.513. The Balaban J connectivity index is 1.25. The number of rotatable bonds is 6. The first-order chi connectivity index (χ1) is 16.0. The average Bonchev–Trinajstić information content (AvgIpc) is 3.27. The van der Waals surface area contributed by atoms with Gasteiger partial charge in [-0.25, -0.2) is 4.98 Å². The normalized spacial score (nSPS) is 14.0. The lowest BCUT2D eigenvalue weighted by Gasteiger charge is -2.34. The number of aromatic nitrogens is 1. The van der Waals surface area contributed by atoms with Crippen molar-refractivity contribution >= 4 is 29.2 Å². The van der Waals surface area contributed by atoms with E-state index in [4.69, 9.17) is 4.74 Å². The smallest absolute Gasteiger partial charge is 0.253 e. The standard InChI is InChI=1S/C26H27N3O3S/c1-19-3-8-22(9-4-19)26(31)29-15-13-28(14-16-29)25(30)12-7-21-5-10-24(11-6-21)32-17-23-18-33-20(2)27-23/h3-12,18H,13-17H2,1-2H3/b12-7+. The van der Waals surface area contributed by atoms with Crippen molar-refractivity contribution in [3.8, 4) is 5.75 Å². The Labute approximate surface area is 198 Å². The van der Waals surface area contributed by atoms with Crippen LogP contribution < -0.4 is 4.74 Å². The zero-order valence-electron chi connectivity index (χ0n) is 18.9. The summed E-state index contributed by atoms with van der Waals surface area (Å²) in [5.41, 5.74) is 3.66. The SMILES string of the molecule is Cc1ccc(C(=O)N2CCN(C(=O)/C=C/c3ccc(OCc4csc(C)n4)cc3)CC2)cc1. The largest absolute Gasteiger partial charge is 0.487 e. The summed E-state index contributed by atoms with van der Waals surface area (Å²) in [5, 5.41) is 3.02. The second-order valence-electron chi connectivity index (χ2n) is 8.03. The van der Waals surface area contributed by atoms with E-state index in [2.05, 4.69) is 4.98 Å². The van der Waals surface area contributed by atoms with Crippen LogP contribution in [0.1, 0.15) is 32.2 Å². The number of thiazole rings is 1. The summed E-state index contributed by atoms with van der Waals surface area (Å²) in [6.07, 6.45) is 3.39. The Kier molecular flexibility index (Phi) is 7.19. The first kappa shape index (κ1) is 22.7. The van der Waals surface area contributed by atoms with E-state index in [9.17, 15) is 9.59 Å². The first-order valence-corrected chi connectivity index (χ1v) is 11.8. The fourth-order valence-electron chi connectivity index (χ4n) is 3.59. The van der Waals surface area contributed by atoms with E-state index in [0.717, 1.165) is 27.6 Å². The fraction of sp³-hybridized carbons (Fsp3) is 0.269. The molecular formula is C26H27N3O3S. The van der Waals surface area contributed by atoms with Gasteiger partial charge in [-0.15, -0.1) is 11.3 Å². The molecule has 0 aliphatic carbocycles. The molecule has 6 nitrogen and oxygen atoms in total. The molecular weight excluding hydrogens is 434 g/mol. The molecule has 0 saturated carbocycles. The fourth-order valence-corrected chi connectivity index (χ4v) is 4.19. The highest BCUT2D eigenvalue weighted by Crippen LogP contribution is 2.17. The summed E-state index contributed by atoms with van der Waals surface area (Å²) in [5.74, 6) is 0.736. The van der Waals surface area contributed by atoms with Crippen molar-refractivity contribution < 1.29 is 14.3 Å². The van der Waals surface area contributed by atoms with Crippen LogP contribution in [0.25, 0.3) is 6.08 Å². The van der Waals surface area contributed by atoms with Crippen molar-refractivity contribution in [1.82, 2.24) is 14.8 Å². The van der Waals surface area contributed by atoms with Crippen LogP contribution in [0.5, 0.6) is 5.75 Å². The van der Waals surface area contributed by atoms with Crippen molar-refractivity contribution in [3.63, 3.8) is 0 Å². The van der Waals surface area contributed by atoms with Gasteiger partial charge < -0.3 is 14.5 Å². The van der Waals surface area contributed by atoms with Crippen LogP contribution in [0, 0.1) is 13.8 Å². The molecule has 170 valence electrons. The van der Waals surface area contributed by atoms with E-state index < -0.39 is 0 Å². The lowest BCUT2D eigenvalue weighted by molar-refractivity contribution is -0.127. The summed E-state index contributed by atoms with van der Waals surface area (Å²) >= 11 is 1.61. The van der Waals surface area contributed by atoms with Crippen LogP contribution in [0.15, 0.2) is 60.0 Å². The molecule has 0 N–H and O–H groups in total. The molecule has 0 spiro atoms. The lowest BCUT2D eigenvalue weighted by atomic mass is 10.1. The Hall–Kier alpha value is -3.45. The van der Waals surface area contributed by atoms with Crippen molar-refractivity contribution in [3.05, 3.63) is 87.4 Å². The third-order valence-electron chi connectivity index (χ3n) is 5.53. The van der Waals surface area contributed by atoms with Gasteiger partial charge in [0.25, 0.3) is 5.91 Å². The zero-order valence-corrected chi connectivity index (χ0v) is 19.7. The number of carbonyl (C=O) groups is 2. The Morgan fingerprint density at radius 2 is 1.64 bits per heavy atom. The van der Waals surface area contributed by atoms with Crippen molar-refractivity contribution in [1.29, 1.82) is 0 Å². The third kappa shape index (κ3) is 6.08. The van der Waals surface area contributed by atoms with Gasteiger partial charge in [-0.3, -0.25) is 9.59 Å². The van der Waals surface area contributed by atoms with Crippen LogP contribution in [0.3, 0.4) is 0 Å². The van der Waals surface area contributed by atoms with Gasteiger partial charge in [0.2, 0.25) is 5.91 Å². The molecule has 4 rings (SSSR count). The van der Waals surface area contributed by atoms with Crippen molar-refractivity contribution in [2.24, 2.45) is 0 Å². The van der Waals surface area contributed by atoms with Crippen LogP contribution in [0.4, 0.5) is 0 Å². The maximum absolute atomic E-state index is 12.6. The predicted molar refractivity (Wildman–Crippen MR) is 130 cm³/mol. The monoisotopic (exact) mass is 461 g/mol. The summed E-state index contributed by atoms with van der Waals surface area (Å²) in [7, 11) is 0. The highest BCUT2D eigenvalue weighted by atomic mass is 32.1. The summed E-state index contributed by atoms with van der Waals surface area (Å²) in [4.78, 5) is 33.2. The molecule has 0 bridgehead atoms.